The van der Waals surface area contributed by atoms with E-state index in [9.17, 15) is 5.11 Å². The quantitative estimate of drug-likeness (QED) is 0.792. The van der Waals surface area contributed by atoms with Gasteiger partial charge in [-0.2, -0.15) is 0 Å². The third-order valence-electron chi connectivity index (χ3n) is 4.31. The first-order valence-corrected chi connectivity index (χ1v) is 7.04. The first kappa shape index (κ1) is 12.0. The van der Waals surface area contributed by atoms with Gasteiger partial charge in [-0.05, 0) is 30.9 Å². The number of benzene rings is 1. The lowest BCUT2D eigenvalue weighted by Crippen LogP contribution is -2.53. The van der Waals surface area contributed by atoms with Crippen LogP contribution in [0.25, 0.3) is 0 Å². The van der Waals surface area contributed by atoms with Crippen molar-refractivity contribution in [3.63, 3.8) is 0 Å². The van der Waals surface area contributed by atoms with E-state index >= 15 is 0 Å². The summed E-state index contributed by atoms with van der Waals surface area (Å²) < 4.78 is 0. The predicted octanol–water partition coefficient (Wildman–Crippen LogP) is 1.68. The van der Waals surface area contributed by atoms with Crippen molar-refractivity contribution in [3.05, 3.63) is 29.8 Å². The maximum absolute atomic E-state index is 10.3. The summed E-state index contributed by atoms with van der Waals surface area (Å²) in [6.45, 7) is 0.874. The number of hydrogen-bond donors (Lipinski definition) is 2. The highest BCUT2D eigenvalue weighted by Gasteiger charge is 2.33. The standard InChI is InChI=1S/C15H22N2O/c16-12-9-11-5-1-2-6-13(11)17(10-12)14-7-3-4-8-15(14)18/h1-2,5-6,12,14-15,18H,3-4,7-10,16H2. The topological polar surface area (TPSA) is 49.5 Å². The molecular formula is C15H22N2O. The van der Waals surface area contributed by atoms with Gasteiger partial charge in [0.1, 0.15) is 0 Å². The highest BCUT2D eigenvalue weighted by atomic mass is 16.3. The predicted molar refractivity (Wildman–Crippen MR) is 73.7 cm³/mol. The Kier molecular flexibility index (Phi) is 3.27. The smallest absolute Gasteiger partial charge is 0.0743 e. The average molecular weight is 246 g/mol. The summed E-state index contributed by atoms with van der Waals surface area (Å²) in [6.07, 6.45) is 5.14. The lowest BCUT2D eigenvalue weighted by molar-refractivity contribution is 0.103. The Morgan fingerprint density at radius 3 is 2.78 bits per heavy atom. The summed E-state index contributed by atoms with van der Waals surface area (Å²) >= 11 is 0. The van der Waals surface area contributed by atoms with Crippen LogP contribution in [0.1, 0.15) is 31.2 Å². The van der Waals surface area contributed by atoms with Crippen LogP contribution < -0.4 is 10.6 Å². The van der Waals surface area contributed by atoms with Gasteiger partial charge in [0.05, 0.1) is 12.1 Å². The number of aliphatic hydroxyl groups excluding tert-OH is 1. The Morgan fingerprint density at radius 2 is 1.94 bits per heavy atom. The Hall–Kier alpha value is -1.06. The van der Waals surface area contributed by atoms with Crippen LogP contribution >= 0.6 is 0 Å². The zero-order valence-corrected chi connectivity index (χ0v) is 10.8. The molecule has 1 aliphatic carbocycles. The molecule has 0 amide bonds. The van der Waals surface area contributed by atoms with E-state index < -0.39 is 0 Å². The van der Waals surface area contributed by atoms with Crippen LogP contribution in [-0.4, -0.2) is 29.8 Å². The van der Waals surface area contributed by atoms with Gasteiger partial charge in [-0.15, -0.1) is 0 Å². The van der Waals surface area contributed by atoms with Gasteiger partial charge in [-0.25, -0.2) is 0 Å². The van der Waals surface area contributed by atoms with Gasteiger partial charge in [0.15, 0.2) is 0 Å². The fourth-order valence-electron chi connectivity index (χ4n) is 3.43. The van der Waals surface area contributed by atoms with Gasteiger partial charge in [-0.1, -0.05) is 31.0 Å². The molecule has 0 saturated heterocycles. The fraction of sp³-hybridized carbons (Fsp3) is 0.600. The molecule has 0 bridgehead atoms. The van der Waals surface area contributed by atoms with Crippen molar-refractivity contribution >= 4 is 5.69 Å². The third kappa shape index (κ3) is 2.13. The average Bonchev–Trinajstić information content (AvgIpc) is 2.38. The Labute approximate surface area is 109 Å². The molecule has 1 saturated carbocycles. The minimum atomic E-state index is -0.197. The molecule has 1 aromatic rings. The van der Waals surface area contributed by atoms with Crippen LogP contribution in [0.3, 0.4) is 0 Å². The number of para-hydroxylation sites is 1. The van der Waals surface area contributed by atoms with Crippen molar-refractivity contribution in [2.45, 2.75) is 50.3 Å². The summed E-state index contributed by atoms with van der Waals surface area (Å²) in [6, 6.07) is 8.93. The zero-order valence-electron chi connectivity index (χ0n) is 10.8. The number of rotatable bonds is 1. The zero-order chi connectivity index (χ0) is 12.5. The molecule has 3 N–H and O–H groups in total. The normalized spacial score (nSPS) is 32.1. The Morgan fingerprint density at radius 1 is 1.17 bits per heavy atom. The molecule has 1 aromatic carbocycles. The number of nitrogens with zero attached hydrogens (tertiary/aromatic N) is 1. The monoisotopic (exact) mass is 246 g/mol. The van der Waals surface area contributed by atoms with E-state index in [-0.39, 0.29) is 18.2 Å². The second-order valence-electron chi connectivity index (χ2n) is 5.66. The van der Waals surface area contributed by atoms with E-state index in [1.807, 2.05) is 0 Å². The third-order valence-corrected chi connectivity index (χ3v) is 4.31. The maximum atomic E-state index is 10.3. The van der Waals surface area contributed by atoms with Crippen LogP contribution in [0.5, 0.6) is 0 Å². The number of aliphatic hydroxyl groups is 1. The second-order valence-corrected chi connectivity index (χ2v) is 5.66. The molecule has 2 aliphatic rings. The van der Waals surface area contributed by atoms with Crippen LogP contribution in [0.4, 0.5) is 5.69 Å². The molecule has 18 heavy (non-hydrogen) atoms. The van der Waals surface area contributed by atoms with Gasteiger partial charge >= 0.3 is 0 Å². The molecule has 3 atom stereocenters. The number of nitrogens with two attached hydrogens (primary N) is 1. The van der Waals surface area contributed by atoms with Crippen LogP contribution in [0, 0.1) is 0 Å². The highest BCUT2D eigenvalue weighted by molar-refractivity contribution is 5.57. The van der Waals surface area contributed by atoms with E-state index in [1.165, 1.54) is 17.7 Å². The van der Waals surface area contributed by atoms with E-state index in [4.69, 9.17) is 5.73 Å². The van der Waals surface area contributed by atoms with Crippen molar-refractivity contribution in [2.75, 3.05) is 11.4 Å². The molecule has 0 aromatic heterocycles. The minimum absolute atomic E-state index is 0.189. The first-order chi connectivity index (χ1) is 8.75. The molecule has 3 unspecified atom stereocenters. The first-order valence-electron chi connectivity index (χ1n) is 7.04. The minimum Gasteiger partial charge on any atom is -0.391 e. The Bertz CT molecular complexity index is 421. The molecule has 1 fully saturated rings. The largest absolute Gasteiger partial charge is 0.391 e. The fourth-order valence-corrected chi connectivity index (χ4v) is 3.43. The summed E-state index contributed by atoms with van der Waals surface area (Å²) in [7, 11) is 0. The number of fused-ring (bicyclic) bond motifs is 1. The van der Waals surface area contributed by atoms with E-state index in [0.717, 1.165) is 32.2 Å². The molecule has 0 spiro atoms. The van der Waals surface area contributed by atoms with Crippen LogP contribution in [0.15, 0.2) is 24.3 Å². The summed E-state index contributed by atoms with van der Waals surface area (Å²) in [4.78, 5) is 2.35. The van der Waals surface area contributed by atoms with E-state index in [2.05, 4.69) is 29.2 Å². The number of hydrogen-bond acceptors (Lipinski definition) is 3. The SMILES string of the molecule is NC1Cc2ccccc2N(C2CCCCC2O)C1. The van der Waals surface area contributed by atoms with Gasteiger partial charge in [-0.3, -0.25) is 0 Å². The van der Waals surface area contributed by atoms with Gasteiger partial charge in [0, 0.05) is 18.3 Å². The summed E-state index contributed by atoms with van der Waals surface area (Å²) in [5, 5.41) is 10.3. The molecule has 3 rings (SSSR count). The summed E-state index contributed by atoms with van der Waals surface area (Å²) in [5.74, 6) is 0. The molecule has 1 heterocycles. The van der Waals surface area contributed by atoms with E-state index in [0.29, 0.717) is 0 Å². The summed E-state index contributed by atoms with van der Waals surface area (Å²) in [5.41, 5.74) is 8.78. The van der Waals surface area contributed by atoms with Crippen molar-refractivity contribution in [2.24, 2.45) is 5.73 Å². The van der Waals surface area contributed by atoms with Crippen molar-refractivity contribution in [1.82, 2.24) is 0 Å². The molecule has 1 aliphatic heterocycles. The molecule has 3 heteroatoms. The Balaban J connectivity index is 1.91. The second kappa shape index (κ2) is 4.90. The van der Waals surface area contributed by atoms with Crippen LogP contribution in [-0.2, 0) is 6.42 Å². The van der Waals surface area contributed by atoms with E-state index in [1.54, 1.807) is 0 Å². The molecule has 3 nitrogen and oxygen atoms in total. The molecule has 98 valence electrons. The lowest BCUT2D eigenvalue weighted by Gasteiger charge is -2.43. The lowest BCUT2D eigenvalue weighted by atomic mass is 9.88. The van der Waals surface area contributed by atoms with Crippen LogP contribution in [0.2, 0.25) is 0 Å². The number of anilines is 1. The van der Waals surface area contributed by atoms with Crippen molar-refractivity contribution in [1.29, 1.82) is 0 Å². The maximum Gasteiger partial charge on any atom is 0.0743 e. The van der Waals surface area contributed by atoms with Gasteiger partial charge in [0.2, 0.25) is 0 Å². The van der Waals surface area contributed by atoms with Gasteiger partial charge < -0.3 is 15.7 Å². The molecule has 0 radical (unpaired) electrons. The highest BCUT2D eigenvalue weighted by Crippen LogP contribution is 2.33. The van der Waals surface area contributed by atoms with Crippen molar-refractivity contribution in [3.8, 4) is 0 Å². The molecular weight excluding hydrogens is 224 g/mol. The van der Waals surface area contributed by atoms with Crippen molar-refractivity contribution < 1.29 is 5.11 Å². The van der Waals surface area contributed by atoms with Gasteiger partial charge in [0.25, 0.3) is 0 Å².